The number of rotatable bonds is 4. The van der Waals surface area contributed by atoms with Crippen LogP contribution in [0.4, 0.5) is 8.78 Å². The Morgan fingerprint density at radius 2 is 1.59 bits per heavy atom. The molecule has 0 fully saturated rings. The number of hydrogen-bond donors (Lipinski definition) is 2. The molecule has 0 amide bonds. The predicted molar refractivity (Wildman–Crippen MR) is 141 cm³/mol. The number of hydrogen-bond acceptors (Lipinski definition) is 4. The van der Waals surface area contributed by atoms with Crippen molar-refractivity contribution >= 4 is 24.2 Å². The van der Waals surface area contributed by atoms with Gasteiger partial charge < -0.3 is 14.6 Å². The number of terminal acetylenes is 3. The van der Waals surface area contributed by atoms with E-state index in [2.05, 4.69) is 57.7 Å². The zero-order chi connectivity index (χ0) is 26.9. The highest BCUT2D eigenvalue weighted by Gasteiger charge is 2.25. The van der Waals surface area contributed by atoms with Gasteiger partial charge >= 0.3 is 0 Å². The Kier molecular flexibility index (Phi) is 25.9. The fourth-order valence-electron chi connectivity index (χ4n) is 2.33. The van der Waals surface area contributed by atoms with Crippen molar-refractivity contribution in [2.75, 3.05) is 26.4 Å². The minimum absolute atomic E-state index is 0.00894. The van der Waals surface area contributed by atoms with E-state index in [0.29, 0.717) is 19.6 Å². The number of thiol groups is 1. The zero-order valence-electron chi connectivity index (χ0n) is 19.2. The molecule has 1 atom stereocenters. The summed E-state index contributed by atoms with van der Waals surface area (Å²) in [4.78, 5) is 0.939. The van der Waals surface area contributed by atoms with E-state index in [0.717, 1.165) is 22.1 Å². The topological polar surface area (TPSA) is 38.7 Å². The van der Waals surface area contributed by atoms with Crippen molar-refractivity contribution in [2.45, 2.75) is 18.2 Å². The van der Waals surface area contributed by atoms with Crippen LogP contribution >= 0.6 is 24.2 Å². The average molecular weight is 509 g/mol. The van der Waals surface area contributed by atoms with Gasteiger partial charge in [0.1, 0.15) is 5.82 Å². The minimum atomic E-state index is -0.531. The molecule has 3 rings (SSSR count). The third-order valence-corrected chi connectivity index (χ3v) is 4.08. The maximum atomic E-state index is 13.5. The average Bonchev–Trinajstić information content (AvgIpc) is 2.88. The molecular formula is C27H31ClF2O3S. The fourth-order valence-corrected chi connectivity index (χ4v) is 2.61. The Labute approximate surface area is 213 Å². The van der Waals surface area contributed by atoms with Gasteiger partial charge in [-0.25, -0.2) is 8.78 Å². The first-order valence-electron chi connectivity index (χ1n) is 9.72. The fraction of sp³-hybridized carbons (Fsp3) is 0.259. The second-order valence-electron chi connectivity index (χ2n) is 5.90. The van der Waals surface area contributed by atoms with E-state index in [4.69, 9.17) is 26.2 Å². The molecule has 0 saturated heterocycles. The minimum Gasteiger partial charge on any atom is -0.490 e. The standard InChI is InChI=1S/C12H14F2O3.C6H5ClS.C3H6.3C2H2/c13-10-1-2-11(14)12-9(10)5-8(7-17-12)6-16-4-3-15;7-5-1-3-6(8)4-2-5;1-3-2;3*1-2/h1-2,8,15H,3-7H2;1-4,8H;3H,1H2,2H3;3*1-2H/t8-;;;;;/m1...../s1. The Hall–Kier alpha value is -2.92. The molecule has 184 valence electrons. The molecule has 0 saturated carbocycles. The monoisotopic (exact) mass is 508 g/mol. The molecule has 34 heavy (non-hydrogen) atoms. The van der Waals surface area contributed by atoms with E-state index in [9.17, 15) is 8.78 Å². The lowest BCUT2D eigenvalue weighted by molar-refractivity contribution is 0.0475. The first-order valence-corrected chi connectivity index (χ1v) is 10.5. The number of fused-ring (bicyclic) bond motifs is 1. The van der Waals surface area contributed by atoms with Crippen LogP contribution in [0.5, 0.6) is 5.75 Å². The van der Waals surface area contributed by atoms with Crippen molar-refractivity contribution in [3.05, 3.63) is 71.3 Å². The van der Waals surface area contributed by atoms with Crippen LogP contribution in [0.25, 0.3) is 0 Å². The van der Waals surface area contributed by atoms with Gasteiger partial charge in [-0.3, -0.25) is 0 Å². The molecule has 2 aromatic rings. The van der Waals surface area contributed by atoms with Gasteiger partial charge in [-0.2, -0.15) is 0 Å². The van der Waals surface area contributed by atoms with Crippen LogP contribution in [0.1, 0.15) is 12.5 Å². The Bertz CT molecular complexity index is 814. The summed E-state index contributed by atoms with van der Waals surface area (Å²) in [6.07, 6.45) is 26.1. The molecule has 1 aliphatic heterocycles. The molecule has 0 bridgehead atoms. The highest BCUT2D eigenvalue weighted by molar-refractivity contribution is 7.80. The zero-order valence-corrected chi connectivity index (χ0v) is 20.8. The second kappa shape index (κ2) is 24.7. The molecule has 0 aromatic heterocycles. The van der Waals surface area contributed by atoms with Gasteiger partial charge in [-0.1, -0.05) is 17.7 Å². The first-order chi connectivity index (χ1) is 16.4. The summed E-state index contributed by atoms with van der Waals surface area (Å²) in [6, 6.07) is 9.50. The summed E-state index contributed by atoms with van der Waals surface area (Å²) >= 11 is 9.65. The van der Waals surface area contributed by atoms with Crippen molar-refractivity contribution in [3.63, 3.8) is 0 Å². The molecule has 7 heteroatoms. The largest absolute Gasteiger partial charge is 0.490 e. The van der Waals surface area contributed by atoms with Gasteiger partial charge in [0.2, 0.25) is 0 Å². The SMILES string of the molecule is C#C.C#C.C#C.C=CC.OCCOC[C@@H]1COc2c(F)ccc(F)c2C1.Sc1ccc(Cl)cc1. The summed E-state index contributed by atoms with van der Waals surface area (Å²) in [5.74, 6) is -0.974. The maximum absolute atomic E-state index is 13.5. The summed E-state index contributed by atoms with van der Waals surface area (Å²) < 4.78 is 37.2. The maximum Gasteiger partial charge on any atom is 0.165 e. The first kappa shape index (κ1) is 35.7. The smallest absolute Gasteiger partial charge is 0.165 e. The number of halogens is 3. The van der Waals surface area contributed by atoms with Crippen molar-refractivity contribution in [3.8, 4) is 44.3 Å². The van der Waals surface area contributed by atoms with Gasteiger partial charge in [0.05, 0.1) is 26.4 Å². The van der Waals surface area contributed by atoms with Crippen LogP contribution in [0.3, 0.4) is 0 Å². The highest BCUT2D eigenvalue weighted by atomic mass is 35.5. The second-order valence-corrected chi connectivity index (χ2v) is 6.85. The quantitative estimate of drug-likeness (QED) is 0.227. The molecule has 0 radical (unpaired) electrons. The van der Waals surface area contributed by atoms with Crippen molar-refractivity contribution in [1.82, 2.24) is 0 Å². The van der Waals surface area contributed by atoms with Gasteiger partial charge in [0.25, 0.3) is 0 Å². The number of allylic oxidation sites excluding steroid dienone is 1. The van der Waals surface area contributed by atoms with Crippen LogP contribution in [0, 0.1) is 56.1 Å². The van der Waals surface area contributed by atoms with E-state index < -0.39 is 11.6 Å². The van der Waals surface area contributed by atoms with E-state index in [-0.39, 0.29) is 30.4 Å². The van der Waals surface area contributed by atoms with E-state index >= 15 is 0 Å². The van der Waals surface area contributed by atoms with Gasteiger partial charge in [-0.05, 0) is 49.7 Å². The Morgan fingerprint density at radius 1 is 1.09 bits per heavy atom. The molecule has 0 unspecified atom stereocenters. The lowest BCUT2D eigenvalue weighted by atomic mass is 9.97. The number of benzene rings is 2. The lowest BCUT2D eigenvalue weighted by Crippen LogP contribution is -2.27. The third-order valence-electron chi connectivity index (χ3n) is 3.53. The molecule has 0 aliphatic carbocycles. The number of aliphatic hydroxyl groups is 1. The summed E-state index contributed by atoms with van der Waals surface area (Å²) in [5, 5.41) is 9.32. The van der Waals surface area contributed by atoms with Crippen LogP contribution in [-0.4, -0.2) is 31.5 Å². The van der Waals surface area contributed by atoms with Gasteiger partial charge in [0, 0.05) is 21.4 Å². The number of ether oxygens (including phenoxy) is 2. The van der Waals surface area contributed by atoms with Crippen LogP contribution in [0.15, 0.2) is 53.9 Å². The van der Waals surface area contributed by atoms with Crippen molar-refractivity contribution in [2.24, 2.45) is 5.92 Å². The van der Waals surface area contributed by atoms with Crippen molar-refractivity contribution < 1.29 is 23.4 Å². The van der Waals surface area contributed by atoms with E-state index in [1.54, 1.807) is 6.08 Å². The van der Waals surface area contributed by atoms with Crippen LogP contribution in [0.2, 0.25) is 5.02 Å². The van der Waals surface area contributed by atoms with Gasteiger partial charge in [-0.15, -0.1) is 57.7 Å². The van der Waals surface area contributed by atoms with Crippen molar-refractivity contribution in [1.29, 1.82) is 0 Å². The normalized spacial score (nSPS) is 12.1. The third kappa shape index (κ3) is 15.8. The van der Waals surface area contributed by atoms with Crippen LogP contribution in [-0.2, 0) is 11.2 Å². The predicted octanol–water partition coefficient (Wildman–Crippen LogP) is 6.09. The molecule has 3 nitrogen and oxygen atoms in total. The van der Waals surface area contributed by atoms with Gasteiger partial charge in [0.15, 0.2) is 11.6 Å². The Balaban J connectivity index is -0.000000473. The number of aliphatic hydroxyl groups excluding tert-OH is 1. The lowest BCUT2D eigenvalue weighted by Gasteiger charge is -2.25. The molecule has 0 spiro atoms. The molecule has 1 N–H and O–H groups in total. The molecular weight excluding hydrogens is 478 g/mol. The molecule has 1 aliphatic rings. The van der Waals surface area contributed by atoms with E-state index in [1.165, 1.54) is 0 Å². The Morgan fingerprint density at radius 3 is 2.06 bits per heavy atom. The molecule has 1 heterocycles. The van der Waals surface area contributed by atoms with Crippen LogP contribution < -0.4 is 4.74 Å². The summed E-state index contributed by atoms with van der Waals surface area (Å²) in [5.41, 5.74) is 0.272. The summed E-state index contributed by atoms with van der Waals surface area (Å²) in [7, 11) is 0. The highest BCUT2D eigenvalue weighted by Crippen LogP contribution is 2.32. The summed E-state index contributed by atoms with van der Waals surface area (Å²) in [6.45, 7) is 6.12. The molecule has 2 aromatic carbocycles. The van der Waals surface area contributed by atoms with E-state index in [1.807, 2.05) is 31.2 Å².